The van der Waals surface area contributed by atoms with Gasteiger partial charge in [-0.25, -0.2) is 4.79 Å². The molecular formula is C21H24N2O4. The number of aromatic nitrogens is 2. The minimum atomic E-state index is -0.493. The molecule has 1 aromatic heterocycles. The van der Waals surface area contributed by atoms with E-state index in [1.165, 1.54) is 4.57 Å². The maximum atomic E-state index is 12.4. The minimum absolute atomic E-state index is 0.00696. The number of nitrogens with zero attached hydrogens (tertiary/aromatic N) is 1. The van der Waals surface area contributed by atoms with E-state index in [4.69, 9.17) is 9.84 Å². The molecule has 0 unspecified atom stereocenters. The second kappa shape index (κ2) is 8.79. The summed E-state index contributed by atoms with van der Waals surface area (Å²) in [6.07, 6.45) is 1.83. The van der Waals surface area contributed by atoms with E-state index in [1.54, 1.807) is 0 Å². The largest absolute Gasteiger partial charge is 0.394 e. The van der Waals surface area contributed by atoms with Gasteiger partial charge in [0.1, 0.15) is 6.73 Å². The topological polar surface area (TPSA) is 84.3 Å². The first-order chi connectivity index (χ1) is 13.2. The van der Waals surface area contributed by atoms with E-state index >= 15 is 0 Å². The third-order valence-corrected chi connectivity index (χ3v) is 4.61. The van der Waals surface area contributed by atoms with Gasteiger partial charge in [0.2, 0.25) is 0 Å². The normalized spacial score (nSPS) is 11.2. The van der Waals surface area contributed by atoms with E-state index < -0.39 is 5.69 Å². The molecule has 27 heavy (non-hydrogen) atoms. The van der Waals surface area contributed by atoms with Crippen LogP contribution in [0.15, 0.2) is 52.1 Å². The molecule has 0 fully saturated rings. The number of hydrogen-bond donors (Lipinski definition) is 2. The van der Waals surface area contributed by atoms with E-state index in [2.05, 4.69) is 4.98 Å². The van der Waals surface area contributed by atoms with Crippen molar-refractivity contribution in [1.82, 2.24) is 9.55 Å². The molecule has 2 N–H and O–H groups in total. The van der Waals surface area contributed by atoms with Gasteiger partial charge in [0.15, 0.2) is 0 Å². The zero-order valence-electron chi connectivity index (χ0n) is 15.4. The zero-order valence-corrected chi connectivity index (χ0v) is 15.4. The van der Waals surface area contributed by atoms with E-state index in [9.17, 15) is 9.59 Å². The summed E-state index contributed by atoms with van der Waals surface area (Å²) in [6, 6.07) is 14.1. The van der Waals surface area contributed by atoms with Crippen LogP contribution in [0.1, 0.15) is 30.2 Å². The van der Waals surface area contributed by atoms with Crippen molar-refractivity contribution in [2.75, 3.05) is 13.2 Å². The average Bonchev–Trinajstić information content (AvgIpc) is 2.67. The molecule has 0 aliphatic carbocycles. The van der Waals surface area contributed by atoms with Crippen molar-refractivity contribution in [3.8, 4) is 0 Å². The van der Waals surface area contributed by atoms with Crippen LogP contribution in [0.4, 0.5) is 0 Å². The maximum absolute atomic E-state index is 12.4. The first-order valence-electron chi connectivity index (χ1n) is 9.15. The van der Waals surface area contributed by atoms with Crippen LogP contribution >= 0.6 is 0 Å². The van der Waals surface area contributed by atoms with Crippen LogP contribution in [0.2, 0.25) is 0 Å². The van der Waals surface area contributed by atoms with E-state index in [0.717, 1.165) is 22.8 Å². The fourth-order valence-corrected chi connectivity index (χ4v) is 3.35. The van der Waals surface area contributed by atoms with Gasteiger partial charge in [0.05, 0.1) is 13.2 Å². The molecular weight excluding hydrogens is 344 g/mol. The SMILES string of the molecule is CCCc1c(Cc2cccc3ccccc23)n(COCCO)c(=O)[nH]c1=O. The Hall–Kier alpha value is -2.70. The molecule has 0 amide bonds. The molecule has 0 saturated heterocycles. The van der Waals surface area contributed by atoms with Crippen molar-refractivity contribution in [3.05, 3.63) is 80.1 Å². The monoisotopic (exact) mass is 368 g/mol. The maximum Gasteiger partial charge on any atom is 0.330 e. The molecule has 142 valence electrons. The molecule has 3 rings (SSSR count). The van der Waals surface area contributed by atoms with Crippen LogP contribution in [0, 0.1) is 0 Å². The van der Waals surface area contributed by atoms with Crippen molar-refractivity contribution in [2.24, 2.45) is 0 Å². The van der Waals surface area contributed by atoms with Crippen molar-refractivity contribution >= 4 is 10.8 Å². The molecule has 6 heteroatoms. The Bertz CT molecular complexity index is 1030. The smallest absolute Gasteiger partial charge is 0.330 e. The second-order valence-electron chi connectivity index (χ2n) is 6.44. The summed E-state index contributed by atoms with van der Waals surface area (Å²) < 4.78 is 6.84. The molecule has 3 aromatic rings. The number of hydrogen-bond acceptors (Lipinski definition) is 4. The summed E-state index contributed by atoms with van der Waals surface area (Å²) in [6.45, 7) is 1.99. The van der Waals surface area contributed by atoms with E-state index in [1.807, 2.05) is 49.4 Å². The predicted octanol–water partition coefficient (Wildman–Crippen LogP) is 2.20. The third kappa shape index (κ3) is 4.18. The number of aliphatic hydroxyl groups is 1. The fraction of sp³-hybridized carbons (Fsp3) is 0.333. The third-order valence-electron chi connectivity index (χ3n) is 4.61. The highest BCUT2D eigenvalue weighted by Crippen LogP contribution is 2.22. The van der Waals surface area contributed by atoms with Gasteiger partial charge in [-0.05, 0) is 22.8 Å². The summed E-state index contributed by atoms with van der Waals surface area (Å²) in [5.74, 6) is 0. The van der Waals surface area contributed by atoms with Gasteiger partial charge < -0.3 is 9.84 Å². The van der Waals surface area contributed by atoms with Crippen molar-refractivity contribution < 1.29 is 9.84 Å². The standard InChI is InChI=1S/C21H24N2O4/c1-2-6-18-19(23(14-27-12-11-24)21(26)22-20(18)25)13-16-9-5-8-15-7-3-4-10-17(15)16/h3-5,7-10,24H,2,6,11-14H2,1H3,(H,22,25,26). The number of rotatable bonds is 8. The Labute approximate surface area is 157 Å². The van der Waals surface area contributed by atoms with Crippen molar-refractivity contribution in [3.63, 3.8) is 0 Å². The highest BCUT2D eigenvalue weighted by atomic mass is 16.5. The van der Waals surface area contributed by atoms with Gasteiger partial charge in [-0.15, -0.1) is 0 Å². The predicted molar refractivity (Wildman–Crippen MR) is 105 cm³/mol. The molecule has 1 heterocycles. The quantitative estimate of drug-likeness (QED) is 0.597. The summed E-state index contributed by atoms with van der Waals surface area (Å²) in [5, 5.41) is 11.2. The van der Waals surface area contributed by atoms with Gasteiger partial charge >= 0.3 is 5.69 Å². The summed E-state index contributed by atoms with van der Waals surface area (Å²) >= 11 is 0. The van der Waals surface area contributed by atoms with Crippen LogP contribution in [0.5, 0.6) is 0 Å². The number of nitrogens with one attached hydrogen (secondary N) is 1. The molecule has 0 radical (unpaired) electrons. The fourth-order valence-electron chi connectivity index (χ4n) is 3.35. The zero-order chi connectivity index (χ0) is 19.2. The molecule has 0 bridgehead atoms. The van der Waals surface area contributed by atoms with Crippen molar-refractivity contribution in [1.29, 1.82) is 0 Å². The second-order valence-corrected chi connectivity index (χ2v) is 6.44. The van der Waals surface area contributed by atoms with Gasteiger partial charge in [0.25, 0.3) is 5.56 Å². The number of H-pyrrole nitrogens is 1. The van der Waals surface area contributed by atoms with Crippen LogP contribution in [0.25, 0.3) is 10.8 Å². The lowest BCUT2D eigenvalue weighted by Gasteiger charge is -2.17. The number of benzene rings is 2. The first kappa shape index (κ1) is 19.1. The highest BCUT2D eigenvalue weighted by molar-refractivity contribution is 5.85. The Morgan fingerprint density at radius 3 is 2.67 bits per heavy atom. The number of ether oxygens (including phenoxy) is 1. The van der Waals surface area contributed by atoms with E-state index in [0.29, 0.717) is 24.1 Å². The lowest BCUT2D eigenvalue weighted by Crippen LogP contribution is -2.36. The van der Waals surface area contributed by atoms with E-state index in [-0.39, 0.29) is 25.5 Å². The molecule has 6 nitrogen and oxygen atoms in total. The number of aliphatic hydroxyl groups excluding tert-OH is 1. The van der Waals surface area contributed by atoms with Gasteiger partial charge in [-0.2, -0.15) is 0 Å². The lowest BCUT2D eigenvalue weighted by atomic mass is 9.98. The summed E-state index contributed by atoms with van der Waals surface area (Å²) in [7, 11) is 0. The van der Waals surface area contributed by atoms with Crippen LogP contribution in [-0.2, 0) is 24.3 Å². The number of aromatic amines is 1. The Kier molecular flexibility index (Phi) is 6.21. The minimum Gasteiger partial charge on any atom is -0.394 e. The summed E-state index contributed by atoms with van der Waals surface area (Å²) in [5.41, 5.74) is 1.49. The number of fused-ring (bicyclic) bond motifs is 1. The molecule has 0 atom stereocenters. The molecule has 0 aliphatic rings. The Morgan fingerprint density at radius 1 is 1.11 bits per heavy atom. The van der Waals surface area contributed by atoms with Crippen molar-refractivity contribution in [2.45, 2.75) is 32.9 Å². The summed E-state index contributed by atoms with van der Waals surface area (Å²) in [4.78, 5) is 27.3. The first-order valence-corrected chi connectivity index (χ1v) is 9.15. The average molecular weight is 368 g/mol. The van der Waals surface area contributed by atoms with Crippen LogP contribution in [0.3, 0.4) is 0 Å². The molecule has 0 saturated carbocycles. The molecule has 0 aliphatic heterocycles. The highest BCUT2D eigenvalue weighted by Gasteiger charge is 2.16. The Balaban J connectivity index is 2.13. The van der Waals surface area contributed by atoms with Gasteiger partial charge in [-0.1, -0.05) is 55.8 Å². The molecule has 2 aromatic carbocycles. The molecule has 0 spiro atoms. The van der Waals surface area contributed by atoms with Crippen LogP contribution in [-0.4, -0.2) is 27.9 Å². The van der Waals surface area contributed by atoms with Gasteiger partial charge in [0, 0.05) is 17.7 Å². The lowest BCUT2D eigenvalue weighted by molar-refractivity contribution is 0.0442. The van der Waals surface area contributed by atoms with Crippen LogP contribution < -0.4 is 11.2 Å². The Morgan fingerprint density at radius 2 is 1.89 bits per heavy atom. The van der Waals surface area contributed by atoms with Gasteiger partial charge in [-0.3, -0.25) is 14.3 Å².